The summed E-state index contributed by atoms with van der Waals surface area (Å²) < 4.78 is 2.19. The molecule has 148 valence electrons. The first-order valence-electron chi connectivity index (χ1n) is 10.0. The molecule has 6 heteroatoms. The molecule has 0 amide bonds. The number of rotatable bonds is 7. The Hall–Kier alpha value is -1.78. The summed E-state index contributed by atoms with van der Waals surface area (Å²) in [5, 5.41) is 1.21. The van der Waals surface area contributed by atoms with Crippen molar-refractivity contribution in [3.05, 3.63) is 46.3 Å². The third kappa shape index (κ3) is 3.85. The van der Waals surface area contributed by atoms with Gasteiger partial charge in [0.05, 0.1) is 10.7 Å². The molecule has 0 aliphatic heterocycles. The molecule has 0 atom stereocenters. The Labute approximate surface area is 176 Å². The number of anilines is 1. The van der Waals surface area contributed by atoms with E-state index >= 15 is 0 Å². The van der Waals surface area contributed by atoms with Crippen molar-refractivity contribution in [1.29, 1.82) is 0 Å². The van der Waals surface area contributed by atoms with Crippen molar-refractivity contribution < 1.29 is 0 Å². The summed E-state index contributed by atoms with van der Waals surface area (Å²) >= 11 is 12.6. The van der Waals surface area contributed by atoms with E-state index in [0.29, 0.717) is 16.0 Å². The maximum Gasteiger partial charge on any atom is 0.165 e. The van der Waals surface area contributed by atoms with Crippen LogP contribution in [0.3, 0.4) is 0 Å². The number of hydrogen-bond donors (Lipinski definition) is 0. The van der Waals surface area contributed by atoms with E-state index in [-0.39, 0.29) is 0 Å². The van der Waals surface area contributed by atoms with Crippen LogP contribution in [0.2, 0.25) is 10.0 Å². The van der Waals surface area contributed by atoms with Crippen molar-refractivity contribution in [2.45, 2.75) is 40.0 Å². The largest absolute Gasteiger partial charge is 0.356 e. The van der Waals surface area contributed by atoms with Crippen molar-refractivity contribution >= 4 is 34.7 Å². The van der Waals surface area contributed by atoms with Gasteiger partial charge in [-0.05, 0) is 49.3 Å². The number of fused-ring (bicyclic) bond motifs is 1. The standard InChI is InChI=1S/C22H26Cl2N4/c1-4-19-22(27(12-14(2)3)13-15-5-6-15)28-10-9-25-20(21(28)26-19)17-8-7-16(23)11-18(17)24/h7-11,14-15H,4-6,12-13H2,1-3H3. The number of benzene rings is 1. The van der Waals surface area contributed by atoms with Crippen molar-refractivity contribution in [3.8, 4) is 11.3 Å². The summed E-state index contributed by atoms with van der Waals surface area (Å²) in [6, 6.07) is 5.52. The second-order valence-electron chi connectivity index (χ2n) is 8.07. The molecule has 0 radical (unpaired) electrons. The van der Waals surface area contributed by atoms with Crippen molar-refractivity contribution in [2.24, 2.45) is 11.8 Å². The van der Waals surface area contributed by atoms with Gasteiger partial charge >= 0.3 is 0 Å². The van der Waals surface area contributed by atoms with E-state index in [0.717, 1.165) is 48.0 Å². The SMILES string of the molecule is CCc1nc2c(-c3ccc(Cl)cc3Cl)nccn2c1N(CC(C)C)CC1CC1. The average molecular weight is 417 g/mol. The molecule has 0 saturated heterocycles. The third-order valence-corrected chi connectivity index (χ3v) is 5.72. The fourth-order valence-electron chi connectivity index (χ4n) is 3.76. The Morgan fingerprint density at radius 3 is 2.68 bits per heavy atom. The minimum Gasteiger partial charge on any atom is -0.356 e. The molecular weight excluding hydrogens is 391 g/mol. The van der Waals surface area contributed by atoms with Crippen LogP contribution < -0.4 is 4.90 Å². The number of hydrogen-bond acceptors (Lipinski definition) is 3. The molecular formula is C22H26Cl2N4. The normalized spacial score (nSPS) is 14.2. The van der Waals surface area contributed by atoms with Gasteiger partial charge < -0.3 is 4.90 Å². The van der Waals surface area contributed by atoms with Crippen molar-refractivity contribution in [2.75, 3.05) is 18.0 Å². The number of imidazole rings is 1. The van der Waals surface area contributed by atoms with Gasteiger partial charge in [-0.2, -0.15) is 0 Å². The van der Waals surface area contributed by atoms with Crippen molar-refractivity contribution in [3.63, 3.8) is 0 Å². The molecule has 2 heterocycles. The van der Waals surface area contributed by atoms with Gasteiger partial charge in [0.2, 0.25) is 0 Å². The topological polar surface area (TPSA) is 33.4 Å². The number of aromatic nitrogens is 3. The van der Waals surface area contributed by atoms with E-state index < -0.39 is 0 Å². The van der Waals surface area contributed by atoms with Crippen LogP contribution >= 0.6 is 23.2 Å². The van der Waals surface area contributed by atoms with Crippen LogP contribution in [-0.2, 0) is 6.42 Å². The van der Waals surface area contributed by atoms with Gasteiger partial charge in [0.15, 0.2) is 5.65 Å². The van der Waals surface area contributed by atoms with Gasteiger partial charge in [0.1, 0.15) is 11.5 Å². The maximum atomic E-state index is 6.48. The van der Waals surface area contributed by atoms with Crippen LogP contribution in [0, 0.1) is 11.8 Å². The van der Waals surface area contributed by atoms with E-state index in [9.17, 15) is 0 Å². The highest BCUT2D eigenvalue weighted by Crippen LogP contribution is 2.36. The zero-order valence-corrected chi connectivity index (χ0v) is 18.1. The Balaban J connectivity index is 1.87. The fraction of sp³-hybridized carbons (Fsp3) is 0.455. The molecule has 1 saturated carbocycles. The molecule has 0 bridgehead atoms. The van der Waals surface area contributed by atoms with E-state index in [1.165, 1.54) is 18.7 Å². The minimum absolute atomic E-state index is 0.584. The fourth-order valence-corrected chi connectivity index (χ4v) is 4.25. The number of nitrogens with zero attached hydrogens (tertiary/aromatic N) is 4. The van der Waals surface area contributed by atoms with E-state index in [1.54, 1.807) is 6.07 Å². The Kier molecular flexibility index (Phi) is 5.52. The van der Waals surface area contributed by atoms with Gasteiger partial charge in [-0.1, -0.05) is 44.0 Å². The van der Waals surface area contributed by atoms with Crippen molar-refractivity contribution in [1.82, 2.24) is 14.4 Å². The number of halogens is 2. The first-order valence-corrected chi connectivity index (χ1v) is 10.8. The maximum absolute atomic E-state index is 6.48. The van der Waals surface area contributed by atoms with E-state index in [1.807, 2.05) is 24.5 Å². The van der Waals surface area contributed by atoms with Gasteiger partial charge in [-0.3, -0.25) is 9.38 Å². The average Bonchev–Trinajstić information content (AvgIpc) is 3.37. The lowest BCUT2D eigenvalue weighted by molar-refractivity contribution is 0.586. The van der Waals surface area contributed by atoms with Gasteiger partial charge in [-0.15, -0.1) is 0 Å². The lowest BCUT2D eigenvalue weighted by Gasteiger charge is -2.27. The second kappa shape index (κ2) is 7.92. The zero-order chi connectivity index (χ0) is 19.8. The Bertz CT molecular complexity index is 988. The molecule has 1 aliphatic carbocycles. The summed E-state index contributed by atoms with van der Waals surface area (Å²) in [7, 11) is 0. The lowest BCUT2D eigenvalue weighted by atomic mass is 10.1. The third-order valence-electron chi connectivity index (χ3n) is 5.17. The summed E-state index contributed by atoms with van der Waals surface area (Å²) in [5.74, 6) is 2.59. The van der Waals surface area contributed by atoms with Crippen LogP contribution in [0.15, 0.2) is 30.6 Å². The molecule has 0 N–H and O–H groups in total. The first-order chi connectivity index (χ1) is 13.5. The molecule has 28 heavy (non-hydrogen) atoms. The molecule has 3 aromatic rings. The first kappa shape index (κ1) is 19.5. The molecule has 0 unspecified atom stereocenters. The predicted octanol–water partition coefficient (Wildman–Crippen LogP) is 6.14. The van der Waals surface area contributed by atoms with Crippen LogP contribution in [0.1, 0.15) is 39.3 Å². The summed E-state index contributed by atoms with van der Waals surface area (Å²) in [5.41, 5.74) is 3.61. The Morgan fingerprint density at radius 1 is 1.25 bits per heavy atom. The molecule has 1 aliphatic rings. The molecule has 0 spiro atoms. The van der Waals surface area contributed by atoms with Crippen LogP contribution in [0.4, 0.5) is 5.82 Å². The van der Waals surface area contributed by atoms with Gasteiger partial charge in [-0.25, -0.2) is 4.98 Å². The highest BCUT2D eigenvalue weighted by atomic mass is 35.5. The highest BCUT2D eigenvalue weighted by Gasteiger charge is 2.28. The molecule has 1 fully saturated rings. The monoisotopic (exact) mass is 416 g/mol. The Morgan fingerprint density at radius 2 is 2.04 bits per heavy atom. The summed E-state index contributed by atoms with van der Waals surface area (Å²) in [6.07, 6.45) is 7.40. The summed E-state index contributed by atoms with van der Waals surface area (Å²) in [6.45, 7) is 8.83. The van der Waals surface area contributed by atoms with Crippen LogP contribution in [0.25, 0.3) is 16.9 Å². The van der Waals surface area contributed by atoms with Crippen LogP contribution in [-0.4, -0.2) is 27.5 Å². The predicted molar refractivity (Wildman–Crippen MR) is 118 cm³/mol. The molecule has 4 rings (SSSR count). The summed E-state index contributed by atoms with van der Waals surface area (Å²) in [4.78, 5) is 12.1. The second-order valence-corrected chi connectivity index (χ2v) is 8.92. The van der Waals surface area contributed by atoms with Crippen LogP contribution in [0.5, 0.6) is 0 Å². The smallest absolute Gasteiger partial charge is 0.165 e. The zero-order valence-electron chi connectivity index (χ0n) is 16.6. The molecule has 2 aromatic heterocycles. The molecule has 4 nitrogen and oxygen atoms in total. The van der Waals surface area contributed by atoms with Gasteiger partial charge in [0.25, 0.3) is 0 Å². The quantitative estimate of drug-likeness (QED) is 0.463. The molecule has 1 aromatic carbocycles. The van der Waals surface area contributed by atoms with E-state index in [2.05, 4.69) is 35.1 Å². The number of aryl methyl sites for hydroxylation is 1. The lowest BCUT2D eigenvalue weighted by Crippen LogP contribution is -2.31. The highest BCUT2D eigenvalue weighted by molar-refractivity contribution is 6.36. The van der Waals surface area contributed by atoms with E-state index in [4.69, 9.17) is 28.2 Å². The van der Waals surface area contributed by atoms with Gasteiger partial charge in [0, 0.05) is 36.1 Å². The minimum atomic E-state index is 0.584.